The molecule has 11 rings (SSSR count). The van der Waals surface area contributed by atoms with E-state index in [-0.39, 0.29) is 51.9 Å². The summed E-state index contributed by atoms with van der Waals surface area (Å²) in [6.07, 6.45) is 3.07. The number of aromatic nitrogens is 4. The quantitative estimate of drug-likeness (QED) is 0.114. The number of sulfone groups is 2. The molecule has 4 heterocycles. The number of aromatic amines is 2. The molecule has 2 saturated heterocycles. The van der Waals surface area contributed by atoms with Gasteiger partial charge in [-0.2, -0.15) is 10.2 Å². The minimum atomic E-state index is -3.82. The molecule has 2 atom stereocenters. The molecule has 0 spiro atoms. The van der Waals surface area contributed by atoms with Crippen LogP contribution < -0.4 is 14.8 Å². The summed E-state index contributed by atoms with van der Waals surface area (Å²) in [6.45, 7) is 4.57. The van der Waals surface area contributed by atoms with Crippen molar-refractivity contribution in [2.45, 2.75) is 58.7 Å². The van der Waals surface area contributed by atoms with Crippen molar-refractivity contribution in [2.75, 3.05) is 32.7 Å². The third-order valence-corrected chi connectivity index (χ3v) is 15.6. The van der Waals surface area contributed by atoms with Crippen molar-refractivity contribution in [1.82, 2.24) is 30.6 Å². The van der Waals surface area contributed by atoms with Gasteiger partial charge in [0.15, 0.2) is 10.1 Å². The highest BCUT2D eigenvalue weighted by Crippen LogP contribution is 2.35. The van der Waals surface area contributed by atoms with E-state index in [1.54, 1.807) is 42.5 Å². The van der Waals surface area contributed by atoms with Gasteiger partial charge in [-0.3, -0.25) is 15.1 Å². The van der Waals surface area contributed by atoms with Gasteiger partial charge in [0, 0.05) is 47.7 Å². The lowest BCUT2D eigenvalue weighted by Crippen LogP contribution is -2.26. The van der Waals surface area contributed by atoms with Crippen molar-refractivity contribution in [2.24, 2.45) is 0 Å². The highest BCUT2D eigenvalue weighted by atomic mass is 35.5. The zero-order valence-corrected chi connectivity index (χ0v) is 37.7. The average molecular weight is 944 g/mol. The van der Waals surface area contributed by atoms with Gasteiger partial charge in [0.25, 0.3) is 0 Å². The number of benzene rings is 7. The molecule has 2 fully saturated rings. The Balaban J connectivity index is 0.000000179. The van der Waals surface area contributed by atoms with Gasteiger partial charge in [-0.1, -0.05) is 111 Å². The fraction of sp³-hybridized carbons (Fsp3) is 0.216. The Morgan fingerprint density at radius 2 is 1.09 bits per heavy atom. The molecular weight excluding hydrogens is 892 g/mol. The average Bonchev–Trinajstić information content (AvgIpc) is 4.17. The molecule has 7 aromatic carbocycles. The Hall–Kier alpha value is -6.29. The third-order valence-electron chi connectivity index (χ3n) is 12.0. The number of hydrogen-bond donors (Lipinski definition) is 3. The molecule has 340 valence electrons. The molecule has 66 heavy (non-hydrogen) atoms. The second-order valence-corrected chi connectivity index (χ2v) is 19.9. The van der Waals surface area contributed by atoms with Gasteiger partial charge in [-0.05, 0) is 90.7 Å². The maximum Gasteiger partial charge on any atom is 0.224 e. The minimum Gasteiger partial charge on any atom is -0.489 e. The molecule has 2 unspecified atom stereocenters. The van der Waals surface area contributed by atoms with E-state index in [1.165, 1.54) is 5.56 Å². The Kier molecular flexibility index (Phi) is 13.8. The highest BCUT2D eigenvalue weighted by molar-refractivity contribution is 7.92. The molecule has 2 aromatic heterocycles. The van der Waals surface area contributed by atoms with Gasteiger partial charge >= 0.3 is 0 Å². The maximum absolute atomic E-state index is 13.7. The summed E-state index contributed by atoms with van der Waals surface area (Å²) < 4.78 is 66.6. The largest absolute Gasteiger partial charge is 0.489 e. The molecule has 0 amide bonds. The maximum atomic E-state index is 13.7. The van der Waals surface area contributed by atoms with Crippen LogP contribution in [0.4, 0.5) is 0 Å². The van der Waals surface area contributed by atoms with Crippen molar-refractivity contribution >= 4 is 75.4 Å². The number of fused-ring (bicyclic) bond motifs is 4. The predicted molar refractivity (Wildman–Crippen MR) is 262 cm³/mol. The van der Waals surface area contributed by atoms with E-state index in [0.717, 1.165) is 62.8 Å². The predicted octanol–water partition coefficient (Wildman–Crippen LogP) is 9.59. The first kappa shape index (κ1) is 46.2. The van der Waals surface area contributed by atoms with E-state index in [0.29, 0.717) is 44.1 Å². The second-order valence-electron chi connectivity index (χ2n) is 16.2. The van der Waals surface area contributed by atoms with E-state index in [9.17, 15) is 16.8 Å². The zero-order valence-electron chi connectivity index (χ0n) is 35.3. The lowest BCUT2D eigenvalue weighted by Gasteiger charge is -2.17. The van der Waals surface area contributed by atoms with Crippen molar-refractivity contribution in [3.05, 3.63) is 157 Å². The van der Waals surface area contributed by atoms with Crippen LogP contribution >= 0.6 is 12.4 Å². The number of hydrogen-bond acceptors (Lipinski definition) is 10. The van der Waals surface area contributed by atoms with Gasteiger partial charge in [0.2, 0.25) is 19.7 Å². The molecule has 15 heteroatoms. The number of rotatable bonds is 11. The molecule has 3 N–H and O–H groups in total. The van der Waals surface area contributed by atoms with Crippen LogP contribution in [0.25, 0.3) is 43.4 Å². The van der Waals surface area contributed by atoms with Gasteiger partial charge < -0.3 is 14.8 Å². The SMILES string of the molecule is C.Cl.O=S(=O)(c1cccc2ccccc12)c1[nH]nc2ccc(OC3CCN(CCc4ccccc4)C3)cc12.O=S(=O)(c1cccc2ccccc12)c1[nH]nc2ccc(OC3CCNC3)cc12. The minimum absolute atomic E-state index is 0. The summed E-state index contributed by atoms with van der Waals surface area (Å²) in [7, 11) is -7.60. The van der Waals surface area contributed by atoms with Crippen LogP contribution in [-0.2, 0) is 26.1 Å². The topological polar surface area (TPSA) is 159 Å². The number of nitrogens with one attached hydrogen (secondary N) is 3. The molecule has 0 aliphatic carbocycles. The van der Waals surface area contributed by atoms with E-state index >= 15 is 0 Å². The zero-order chi connectivity index (χ0) is 43.7. The summed E-state index contributed by atoms with van der Waals surface area (Å²) in [5.41, 5.74) is 2.53. The summed E-state index contributed by atoms with van der Waals surface area (Å²) in [5.74, 6) is 1.31. The van der Waals surface area contributed by atoms with Crippen molar-refractivity contribution in [3.8, 4) is 11.5 Å². The van der Waals surface area contributed by atoms with Gasteiger partial charge in [0.05, 0.1) is 20.8 Å². The Labute approximate surface area is 390 Å². The van der Waals surface area contributed by atoms with Crippen molar-refractivity contribution in [3.63, 3.8) is 0 Å². The lowest BCUT2D eigenvalue weighted by molar-refractivity contribution is 0.201. The number of H-pyrrole nitrogens is 2. The molecule has 0 radical (unpaired) electrons. The second kappa shape index (κ2) is 19.7. The molecule has 0 saturated carbocycles. The third kappa shape index (κ3) is 9.37. The van der Waals surface area contributed by atoms with Crippen LogP contribution in [0.5, 0.6) is 11.5 Å². The van der Waals surface area contributed by atoms with Crippen LogP contribution in [-0.4, -0.2) is 87.1 Å². The van der Waals surface area contributed by atoms with E-state index in [2.05, 4.69) is 54.9 Å². The fourth-order valence-electron chi connectivity index (χ4n) is 8.71. The van der Waals surface area contributed by atoms with Crippen LogP contribution in [0.15, 0.2) is 172 Å². The number of halogens is 1. The highest BCUT2D eigenvalue weighted by Gasteiger charge is 2.28. The van der Waals surface area contributed by atoms with Crippen molar-refractivity contribution < 1.29 is 26.3 Å². The summed E-state index contributed by atoms with van der Waals surface area (Å²) >= 11 is 0. The Morgan fingerprint density at radius 3 is 1.64 bits per heavy atom. The first-order chi connectivity index (χ1) is 31.2. The normalized spacial score (nSPS) is 16.4. The van der Waals surface area contributed by atoms with E-state index in [4.69, 9.17) is 9.47 Å². The molecule has 2 aliphatic heterocycles. The van der Waals surface area contributed by atoms with Gasteiger partial charge in [-0.15, -0.1) is 12.4 Å². The van der Waals surface area contributed by atoms with Crippen LogP contribution in [0.2, 0.25) is 0 Å². The Morgan fingerprint density at radius 1 is 0.576 bits per heavy atom. The number of nitrogens with zero attached hydrogens (tertiary/aromatic N) is 3. The fourth-order valence-corrected chi connectivity index (χ4v) is 11.9. The summed E-state index contributed by atoms with van der Waals surface area (Å²) in [5, 5.41) is 21.6. The molecule has 2 aliphatic rings. The van der Waals surface area contributed by atoms with Crippen LogP contribution in [0.1, 0.15) is 25.8 Å². The van der Waals surface area contributed by atoms with Crippen LogP contribution in [0.3, 0.4) is 0 Å². The first-order valence-electron chi connectivity index (χ1n) is 21.4. The molecule has 0 bridgehead atoms. The lowest BCUT2D eigenvalue weighted by atomic mass is 10.1. The number of ether oxygens (including phenoxy) is 2. The van der Waals surface area contributed by atoms with Crippen molar-refractivity contribution in [1.29, 1.82) is 0 Å². The molecular formula is C51H51ClN6O6S2. The molecule has 12 nitrogen and oxygen atoms in total. The van der Waals surface area contributed by atoms with E-state index < -0.39 is 19.7 Å². The summed E-state index contributed by atoms with van der Waals surface area (Å²) in [6, 6.07) is 46.9. The van der Waals surface area contributed by atoms with Gasteiger partial charge in [0.1, 0.15) is 23.7 Å². The van der Waals surface area contributed by atoms with Gasteiger partial charge in [-0.25, -0.2) is 16.8 Å². The first-order valence-corrected chi connectivity index (χ1v) is 24.4. The monoisotopic (exact) mass is 942 g/mol. The van der Waals surface area contributed by atoms with Crippen LogP contribution in [0, 0.1) is 0 Å². The number of likely N-dealkylation sites (tertiary alicyclic amines) is 1. The standard InChI is InChI=1S/C29H27N3O3S.C21H19N3O3S.CH4.ClH/c33-36(34,28-12-6-10-22-9-4-5-11-25(22)28)29-26-19-23(13-14-27(26)30-31-29)35-24-16-18-32(20-24)17-15-21-7-2-1-3-8-21;25-28(26,20-7-3-5-14-4-1-2-6-17(14)20)21-18-12-15(8-9-19(18)23-24-21)27-16-10-11-22-13-16;;/h1-14,19,24H,15-18,20H2,(H,30,31);1-9,12,16,22H,10-11,13H2,(H,23,24);1H4;1H. The van der Waals surface area contributed by atoms with E-state index in [1.807, 2.05) is 84.9 Å². The summed E-state index contributed by atoms with van der Waals surface area (Å²) in [4.78, 5) is 2.95. The Bertz CT molecular complexity index is 3350. The molecule has 9 aromatic rings. The smallest absolute Gasteiger partial charge is 0.224 e.